The molecule has 0 N–H and O–H groups in total. The number of ether oxygens (including phenoxy) is 2. The smallest absolute Gasteiger partial charge is 0.304 e. The maximum Gasteiger partial charge on any atom is 0.304 e. The van der Waals surface area contributed by atoms with Gasteiger partial charge in [0.1, 0.15) is 17.6 Å². The van der Waals surface area contributed by atoms with Crippen LogP contribution in [0.25, 0.3) is 0 Å². The van der Waals surface area contributed by atoms with Crippen LogP contribution >= 0.6 is 0 Å². The van der Waals surface area contributed by atoms with Crippen molar-refractivity contribution in [3.8, 4) is 0 Å². The molecule has 2 heterocycles. The molecule has 159 valence electrons. The zero-order valence-corrected chi connectivity index (χ0v) is 20.4. The quantitative estimate of drug-likeness (QED) is 0.164. The van der Waals surface area contributed by atoms with E-state index in [1.807, 2.05) is 6.92 Å². The van der Waals surface area contributed by atoms with Gasteiger partial charge in [0.2, 0.25) is 5.89 Å². The third kappa shape index (κ3) is 4.15. The van der Waals surface area contributed by atoms with E-state index in [9.17, 15) is 9.59 Å². The van der Waals surface area contributed by atoms with E-state index in [4.69, 9.17) is 20.5 Å². The second-order valence-corrected chi connectivity index (χ2v) is 8.21. The molecular weight excluding hydrogens is 459 g/mol. The number of allylic oxidation sites excluding steroid dienone is 3. The standard InChI is InChI=1S/C23H27NO5.Y/c1-4-12-27-20(26)11-7-15(5-2)6-8-16-17-9-10-19-23(17,29-19)21(16)22-24-18(13-28-22)14(3)25;/h2,5,13,16-17,19,21H,4,7-12H2,1,3H3;/q-2;/t16-,17+,19+,21?,23-;/m0./s1. The minimum absolute atomic E-state index is 0. The number of aromatic nitrogens is 1. The monoisotopic (exact) mass is 486 g/mol. The van der Waals surface area contributed by atoms with Crippen LogP contribution in [0, 0.1) is 24.5 Å². The fourth-order valence-corrected chi connectivity index (χ4v) is 5.11. The molecule has 4 rings (SSSR count). The summed E-state index contributed by atoms with van der Waals surface area (Å²) in [6, 6.07) is 0. The van der Waals surface area contributed by atoms with E-state index in [2.05, 4.69) is 11.1 Å². The maximum atomic E-state index is 11.7. The predicted molar refractivity (Wildman–Crippen MR) is 104 cm³/mol. The fourth-order valence-electron chi connectivity index (χ4n) is 5.11. The second-order valence-electron chi connectivity index (χ2n) is 8.21. The normalized spacial score (nSPS) is 31.1. The number of carbonyl (C=O) groups excluding carboxylic acids is 2. The third-order valence-electron chi connectivity index (χ3n) is 6.52. The van der Waals surface area contributed by atoms with E-state index in [1.165, 1.54) is 19.3 Å². The summed E-state index contributed by atoms with van der Waals surface area (Å²) >= 11 is 0. The number of epoxide rings is 1. The molecule has 0 bridgehead atoms. The number of ketones is 1. The molecule has 1 unspecified atom stereocenters. The Labute approximate surface area is 202 Å². The van der Waals surface area contributed by atoms with Crippen LogP contribution in [0.1, 0.15) is 74.7 Å². The Bertz CT molecular complexity index is 846. The van der Waals surface area contributed by atoms with Crippen LogP contribution in [-0.2, 0) is 47.0 Å². The van der Waals surface area contributed by atoms with Gasteiger partial charge in [0, 0.05) is 46.1 Å². The Morgan fingerprint density at radius 1 is 1.40 bits per heavy atom. The first-order chi connectivity index (χ1) is 14.0. The van der Waals surface area contributed by atoms with Crippen LogP contribution in [0.3, 0.4) is 0 Å². The van der Waals surface area contributed by atoms with Crippen LogP contribution in [-0.4, -0.2) is 35.0 Å². The number of Topliss-reactive ketones (excluding diaryl/α,β-unsaturated/α-hetero) is 1. The molecule has 3 aliphatic rings. The number of esters is 1. The Balaban J connectivity index is 0.00000256. The first-order valence-corrected chi connectivity index (χ1v) is 10.5. The molecule has 2 aliphatic carbocycles. The van der Waals surface area contributed by atoms with Gasteiger partial charge in [-0.05, 0) is 31.1 Å². The van der Waals surface area contributed by atoms with E-state index in [-0.39, 0.29) is 68.0 Å². The van der Waals surface area contributed by atoms with Gasteiger partial charge in [-0.1, -0.05) is 6.92 Å². The number of hydrogen-bond acceptors (Lipinski definition) is 6. The summed E-state index contributed by atoms with van der Waals surface area (Å²) in [5.74, 6) is 1.04. The summed E-state index contributed by atoms with van der Waals surface area (Å²) in [4.78, 5) is 27.8. The number of hydrogen-bond donors (Lipinski definition) is 0. The molecule has 7 heteroatoms. The van der Waals surface area contributed by atoms with Gasteiger partial charge in [0.05, 0.1) is 18.6 Å². The Kier molecular flexibility index (Phi) is 7.52. The van der Waals surface area contributed by atoms with Crippen molar-refractivity contribution in [3.05, 3.63) is 42.2 Å². The minimum atomic E-state index is -0.213. The molecule has 0 amide bonds. The van der Waals surface area contributed by atoms with Crippen LogP contribution < -0.4 is 0 Å². The van der Waals surface area contributed by atoms with Gasteiger partial charge in [-0.2, -0.15) is 0 Å². The molecule has 3 fully saturated rings. The molecule has 1 aromatic heterocycles. The molecule has 1 aliphatic heterocycles. The molecule has 0 aromatic carbocycles. The number of nitrogens with zero attached hydrogens (tertiary/aromatic N) is 1. The van der Waals surface area contributed by atoms with Crippen molar-refractivity contribution in [2.75, 3.05) is 6.61 Å². The molecule has 1 spiro atoms. The fraction of sp³-hybridized carbons (Fsp3) is 0.609. The average Bonchev–Trinajstić information content (AvgIpc) is 3.11. The molecule has 1 saturated heterocycles. The molecule has 5 atom stereocenters. The van der Waals surface area contributed by atoms with Gasteiger partial charge < -0.3 is 38.2 Å². The molecule has 1 aromatic rings. The number of rotatable bonds is 10. The first-order valence-electron chi connectivity index (χ1n) is 10.5. The molecule has 30 heavy (non-hydrogen) atoms. The summed E-state index contributed by atoms with van der Waals surface area (Å²) in [6.45, 7) is 9.65. The van der Waals surface area contributed by atoms with Crippen molar-refractivity contribution in [3.63, 3.8) is 0 Å². The van der Waals surface area contributed by atoms with Gasteiger partial charge in [-0.25, -0.2) is 4.98 Å². The van der Waals surface area contributed by atoms with E-state index in [0.29, 0.717) is 43.4 Å². The van der Waals surface area contributed by atoms with E-state index >= 15 is 0 Å². The van der Waals surface area contributed by atoms with Gasteiger partial charge in [0.15, 0.2) is 5.78 Å². The minimum Gasteiger partial charge on any atom is -0.466 e. The summed E-state index contributed by atoms with van der Waals surface area (Å²) < 4.78 is 16.8. The van der Waals surface area contributed by atoms with Gasteiger partial charge >= 0.3 is 5.97 Å². The number of oxazole rings is 1. The summed E-state index contributed by atoms with van der Waals surface area (Å²) in [7, 11) is 0. The van der Waals surface area contributed by atoms with Crippen molar-refractivity contribution < 1.29 is 56.2 Å². The van der Waals surface area contributed by atoms with Crippen LogP contribution in [0.4, 0.5) is 0 Å². The maximum absolute atomic E-state index is 11.7. The number of carbonyl (C=O) groups is 2. The van der Waals surface area contributed by atoms with Crippen molar-refractivity contribution in [1.29, 1.82) is 0 Å². The van der Waals surface area contributed by atoms with Crippen molar-refractivity contribution in [1.82, 2.24) is 4.98 Å². The molecular formula is C23H27NO5Y-2. The molecule has 2 saturated carbocycles. The zero-order valence-electron chi connectivity index (χ0n) is 17.6. The third-order valence-corrected chi connectivity index (χ3v) is 6.52. The van der Waals surface area contributed by atoms with Crippen LogP contribution in [0.5, 0.6) is 0 Å². The topological polar surface area (TPSA) is 81.9 Å². The van der Waals surface area contributed by atoms with Gasteiger partial charge in [0.25, 0.3) is 0 Å². The van der Waals surface area contributed by atoms with Gasteiger partial charge in [-0.3, -0.25) is 9.59 Å². The molecule has 6 nitrogen and oxygen atoms in total. The Morgan fingerprint density at radius 3 is 2.83 bits per heavy atom. The van der Waals surface area contributed by atoms with Crippen molar-refractivity contribution in [2.45, 2.75) is 70.0 Å². The summed E-state index contributed by atoms with van der Waals surface area (Å²) in [5, 5.41) is 0. The predicted octanol–water partition coefficient (Wildman–Crippen LogP) is 3.98. The second kappa shape index (κ2) is 9.58. The zero-order chi connectivity index (χ0) is 20.6. The summed E-state index contributed by atoms with van der Waals surface area (Å²) in [6.07, 6.45) is 11.1. The SMILES string of the molecule is [CH-]=CC(=[C-]C[C@@H]1C(c2nc(C(C)=O)co2)[C@@]23O[C@@H]2CC[C@H]13)CCC(=O)OCCC.[Y]. The Hall–Kier alpha value is -1.11. The van der Waals surface area contributed by atoms with Crippen LogP contribution in [0.15, 0.2) is 22.3 Å². The average molecular weight is 486 g/mol. The van der Waals surface area contributed by atoms with E-state index < -0.39 is 0 Å². The van der Waals surface area contributed by atoms with Crippen molar-refractivity contribution >= 4 is 11.8 Å². The van der Waals surface area contributed by atoms with Gasteiger partial charge in [-0.15, -0.1) is 12.8 Å². The first kappa shape index (κ1) is 23.6. The summed E-state index contributed by atoms with van der Waals surface area (Å²) in [5.41, 5.74) is 1.01. The van der Waals surface area contributed by atoms with E-state index in [1.54, 1.807) is 0 Å². The largest absolute Gasteiger partial charge is 0.466 e. The van der Waals surface area contributed by atoms with E-state index in [0.717, 1.165) is 24.8 Å². The van der Waals surface area contributed by atoms with Crippen molar-refractivity contribution in [2.24, 2.45) is 11.8 Å². The molecule has 1 radical (unpaired) electrons. The Morgan fingerprint density at radius 2 is 2.20 bits per heavy atom. The van der Waals surface area contributed by atoms with Crippen LogP contribution in [0.2, 0.25) is 0 Å².